The summed E-state index contributed by atoms with van der Waals surface area (Å²) < 4.78 is 0. The highest BCUT2D eigenvalue weighted by molar-refractivity contribution is 5.86. The number of carboxylic acids is 1. The van der Waals surface area contributed by atoms with Crippen LogP contribution in [-0.4, -0.2) is 51.8 Å². The van der Waals surface area contributed by atoms with Gasteiger partial charge in [-0.05, 0) is 50.0 Å². The zero-order valence-corrected chi connectivity index (χ0v) is 15.8. The van der Waals surface area contributed by atoms with Crippen molar-refractivity contribution in [3.63, 3.8) is 0 Å². The largest absolute Gasteiger partial charge is 0.480 e. The smallest absolute Gasteiger partial charge is 0.329 e. The van der Waals surface area contributed by atoms with Gasteiger partial charge in [-0.2, -0.15) is 0 Å². The highest BCUT2D eigenvalue weighted by Crippen LogP contribution is 2.31. The Balaban J connectivity index is 1.45. The van der Waals surface area contributed by atoms with Crippen molar-refractivity contribution in [3.8, 4) is 0 Å². The second-order valence-corrected chi connectivity index (χ2v) is 7.94. The molecule has 1 aliphatic heterocycles. The van der Waals surface area contributed by atoms with Crippen LogP contribution in [0.15, 0.2) is 30.3 Å². The van der Waals surface area contributed by atoms with Gasteiger partial charge in [0.05, 0.1) is 6.10 Å². The number of carbonyl (C=O) groups is 2. The van der Waals surface area contributed by atoms with Gasteiger partial charge in [0.1, 0.15) is 5.54 Å². The van der Waals surface area contributed by atoms with Crippen LogP contribution >= 0.6 is 0 Å². The normalized spacial score (nSPS) is 21.0. The first kappa shape index (κ1) is 19.7. The molecule has 0 radical (unpaired) electrons. The molecule has 148 valence electrons. The van der Waals surface area contributed by atoms with Crippen LogP contribution in [0.4, 0.5) is 4.79 Å². The van der Waals surface area contributed by atoms with Crippen LogP contribution in [0, 0.1) is 5.92 Å². The molecule has 1 atom stereocenters. The van der Waals surface area contributed by atoms with Gasteiger partial charge in [0.2, 0.25) is 0 Å². The van der Waals surface area contributed by atoms with Gasteiger partial charge in [-0.1, -0.05) is 43.2 Å². The molecule has 3 N–H and O–H groups in total. The summed E-state index contributed by atoms with van der Waals surface area (Å²) in [5, 5.41) is 22.8. The third-order valence-corrected chi connectivity index (χ3v) is 6.16. The Labute approximate surface area is 160 Å². The Morgan fingerprint density at radius 3 is 2.37 bits per heavy atom. The number of benzene rings is 1. The number of rotatable bonds is 6. The van der Waals surface area contributed by atoms with Crippen LogP contribution < -0.4 is 5.32 Å². The fraction of sp³-hybridized carbons (Fsp3) is 0.619. The molecule has 3 rings (SSSR count). The number of piperidine rings is 1. The number of aliphatic carboxylic acids is 1. The lowest BCUT2D eigenvalue weighted by Gasteiger charge is -2.36. The number of hydrogen-bond donors (Lipinski definition) is 3. The summed E-state index contributed by atoms with van der Waals surface area (Å²) in [6.45, 7) is 1.13. The molecule has 27 heavy (non-hydrogen) atoms. The molecule has 1 unspecified atom stereocenters. The molecular weight excluding hydrogens is 344 g/mol. The predicted octanol–water partition coefficient (Wildman–Crippen LogP) is 2.80. The van der Waals surface area contributed by atoms with Gasteiger partial charge in [0.15, 0.2) is 0 Å². The molecule has 1 saturated carbocycles. The van der Waals surface area contributed by atoms with Crippen molar-refractivity contribution in [1.29, 1.82) is 0 Å². The zero-order valence-electron chi connectivity index (χ0n) is 15.8. The summed E-state index contributed by atoms with van der Waals surface area (Å²) in [6, 6.07) is 9.86. The number of urea groups is 1. The maximum Gasteiger partial charge on any atom is 0.329 e. The Bertz CT molecular complexity index is 635. The minimum Gasteiger partial charge on any atom is -0.480 e. The van der Waals surface area contributed by atoms with E-state index in [4.69, 9.17) is 0 Å². The summed E-state index contributed by atoms with van der Waals surface area (Å²) in [5.74, 6) is -0.739. The van der Waals surface area contributed by atoms with Gasteiger partial charge < -0.3 is 20.4 Å². The number of carboxylic acid groups (broad SMARTS) is 1. The van der Waals surface area contributed by atoms with E-state index in [1.807, 2.05) is 18.2 Å². The Morgan fingerprint density at radius 2 is 1.78 bits per heavy atom. The molecule has 1 aromatic rings. The molecule has 6 nitrogen and oxygen atoms in total. The Hall–Kier alpha value is -2.08. The van der Waals surface area contributed by atoms with Crippen molar-refractivity contribution >= 4 is 12.0 Å². The molecule has 2 fully saturated rings. The van der Waals surface area contributed by atoms with E-state index in [1.165, 1.54) is 5.56 Å². The van der Waals surface area contributed by atoms with Crippen LogP contribution in [0.2, 0.25) is 0 Å². The average Bonchev–Trinajstić information content (AvgIpc) is 3.17. The van der Waals surface area contributed by atoms with Crippen LogP contribution in [0.3, 0.4) is 0 Å². The van der Waals surface area contributed by atoms with Crippen molar-refractivity contribution in [1.82, 2.24) is 10.2 Å². The van der Waals surface area contributed by atoms with E-state index in [0.717, 1.165) is 38.5 Å². The number of likely N-dealkylation sites (tertiary alicyclic amines) is 1. The summed E-state index contributed by atoms with van der Waals surface area (Å²) in [7, 11) is 0. The van der Waals surface area contributed by atoms with Gasteiger partial charge in [0, 0.05) is 13.1 Å². The molecule has 2 amide bonds. The number of amides is 2. The number of nitrogens with one attached hydrogen (secondary N) is 1. The minimum atomic E-state index is -1.09. The summed E-state index contributed by atoms with van der Waals surface area (Å²) in [5.41, 5.74) is 0.132. The Morgan fingerprint density at radius 1 is 1.15 bits per heavy atom. The fourth-order valence-corrected chi connectivity index (χ4v) is 4.34. The SMILES string of the molecule is O=C(NC1(C(=O)O)CCCC1)N1CCC(C(O)CCc2ccccc2)CC1. The van der Waals surface area contributed by atoms with Gasteiger partial charge in [-0.3, -0.25) is 0 Å². The molecule has 2 aliphatic rings. The van der Waals surface area contributed by atoms with E-state index >= 15 is 0 Å². The standard InChI is InChI=1S/C21H30N2O4/c24-18(9-8-16-6-2-1-3-7-16)17-10-14-23(15-11-17)20(27)22-21(19(25)26)12-4-5-13-21/h1-3,6-7,17-18,24H,4-5,8-15H2,(H,22,27)(H,25,26). The monoisotopic (exact) mass is 374 g/mol. The molecule has 0 aromatic heterocycles. The number of aliphatic hydroxyl groups is 1. The zero-order chi connectivity index (χ0) is 19.3. The lowest BCUT2D eigenvalue weighted by atomic mass is 9.88. The fourth-order valence-electron chi connectivity index (χ4n) is 4.34. The molecule has 0 bridgehead atoms. The molecular formula is C21H30N2O4. The van der Waals surface area contributed by atoms with E-state index in [-0.39, 0.29) is 18.1 Å². The quantitative estimate of drug-likeness (QED) is 0.714. The van der Waals surface area contributed by atoms with Gasteiger partial charge in [-0.15, -0.1) is 0 Å². The number of hydrogen-bond acceptors (Lipinski definition) is 3. The number of aliphatic hydroxyl groups excluding tert-OH is 1. The van der Waals surface area contributed by atoms with Crippen molar-refractivity contribution in [2.45, 2.75) is 63.0 Å². The lowest BCUT2D eigenvalue weighted by Crippen LogP contribution is -2.57. The maximum atomic E-state index is 12.5. The van der Waals surface area contributed by atoms with Crippen LogP contribution in [-0.2, 0) is 11.2 Å². The van der Waals surface area contributed by atoms with Crippen LogP contribution in [0.25, 0.3) is 0 Å². The first-order chi connectivity index (χ1) is 13.0. The third kappa shape index (κ3) is 4.80. The van der Waals surface area contributed by atoms with Crippen molar-refractivity contribution < 1.29 is 19.8 Å². The third-order valence-electron chi connectivity index (χ3n) is 6.16. The minimum absolute atomic E-state index is 0.192. The van der Waals surface area contributed by atoms with E-state index in [1.54, 1.807) is 4.90 Å². The first-order valence-electron chi connectivity index (χ1n) is 10.0. The lowest BCUT2D eigenvalue weighted by molar-refractivity contribution is -0.144. The van der Waals surface area contributed by atoms with E-state index in [2.05, 4.69) is 17.4 Å². The van der Waals surface area contributed by atoms with E-state index < -0.39 is 11.5 Å². The second kappa shape index (κ2) is 8.74. The second-order valence-electron chi connectivity index (χ2n) is 7.94. The van der Waals surface area contributed by atoms with E-state index in [0.29, 0.717) is 25.9 Å². The molecule has 1 aromatic carbocycles. The highest BCUT2D eigenvalue weighted by Gasteiger charge is 2.43. The number of nitrogens with zero attached hydrogens (tertiary/aromatic N) is 1. The van der Waals surface area contributed by atoms with Gasteiger partial charge in [0.25, 0.3) is 0 Å². The van der Waals surface area contributed by atoms with Crippen molar-refractivity contribution in [3.05, 3.63) is 35.9 Å². The highest BCUT2D eigenvalue weighted by atomic mass is 16.4. The Kier molecular flexibility index (Phi) is 6.37. The summed E-state index contributed by atoms with van der Waals surface area (Å²) in [4.78, 5) is 25.8. The molecule has 1 aliphatic carbocycles. The summed E-state index contributed by atoms with van der Waals surface area (Å²) in [6.07, 6.45) is 5.39. The van der Waals surface area contributed by atoms with Gasteiger partial charge >= 0.3 is 12.0 Å². The van der Waals surface area contributed by atoms with Crippen LogP contribution in [0.1, 0.15) is 50.5 Å². The van der Waals surface area contributed by atoms with Crippen molar-refractivity contribution in [2.24, 2.45) is 5.92 Å². The molecule has 0 spiro atoms. The van der Waals surface area contributed by atoms with Crippen molar-refractivity contribution in [2.75, 3.05) is 13.1 Å². The van der Waals surface area contributed by atoms with E-state index in [9.17, 15) is 19.8 Å². The number of aryl methyl sites for hydroxylation is 1. The average molecular weight is 374 g/mol. The molecule has 6 heteroatoms. The summed E-state index contributed by atoms with van der Waals surface area (Å²) >= 11 is 0. The molecule has 1 saturated heterocycles. The molecule has 1 heterocycles. The first-order valence-corrected chi connectivity index (χ1v) is 10.0. The predicted molar refractivity (Wildman–Crippen MR) is 102 cm³/mol. The maximum absolute atomic E-state index is 12.5. The van der Waals surface area contributed by atoms with Crippen LogP contribution in [0.5, 0.6) is 0 Å². The number of carbonyl (C=O) groups excluding carboxylic acids is 1. The topological polar surface area (TPSA) is 89.9 Å². The van der Waals surface area contributed by atoms with Gasteiger partial charge in [-0.25, -0.2) is 9.59 Å².